The van der Waals surface area contributed by atoms with Gasteiger partial charge in [-0.3, -0.25) is 4.79 Å². The fraction of sp³-hybridized carbons (Fsp3) is 0.185. The van der Waals surface area contributed by atoms with E-state index in [0.29, 0.717) is 28.4 Å². The number of nitriles is 1. The minimum Gasteiger partial charge on any atom is -0.496 e. The number of hydrogen-bond donors (Lipinski definition) is 1. The monoisotopic (exact) mass is 444 g/mol. The van der Waals surface area contributed by atoms with E-state index in [1.165, 1.54) is 17.2 Å². The molecule has 162 valence electrons. The molecule has 0 aliphatic rings. The molecular formula is C27H25ClN2O2. The summed E-state index contributed by atoms with van der Waals surface area (Å²) in [5.74, 6) is 0.130. The number of halogens is 1. The number of benzene rings is 3. The second-order valence-electron chi connectivity index (χ2n) is 7.85. The highest BCUT2D eigenvalue weighted by Crippen LogP contribution is 2.32. The maximum absolute atomic E-state index is 12.6. The summed E-state index contributed by atoms with van der Waals surface area (Å²) in [6.07, 6.45) is 2.13. The van der Waals surface area contributed by atoms with Crippen molar-refractivity contribution in [1.29, 1.82) is 5.26 Å². The summed E-state index contributed by atoms with van der Waals surface area (Å²) in [6.45, 7) is 6.09. The Morgan fingerprint density at radius 2 is 1.69 bits per heavy atom. The van der Waals surface area contributed by atoms with E-state index in [1.54, 1.807) is 31.4 Å². The molecule has 0 aromatic heterocycles. The zero-order chi connectivity index (χ0) is 23.3. The van der Waals surface area contributed by atoms with E-state index >= 15 is 0 Å². The molecule has 3 aromatic carbocycles. The number of hydrogen-bond acceptors (Lipinski definition) is 3. The smallest absolute Gasteiger partial charge is 0.266 e. The lowest BCUT2D eigenvalue weighted by Crippen LogP contribution is -2.13. The molecule has 0 aliphatic carbocycles. The van der Waals surface area contributed by atoms with E-state index < -0.39 is 5.91 Å². The van der Waals surface area contributed by atoms with E-state index in [4.69, 9.17) is 16.3 Å². The molecular weight excluding hydrogens is 420 g/mol. The van der Waals surface area contributed by atoms with Crippen molar-refractivity contribution in [2.45, 2.75) is 27.2 Å². The molecule has 0 fully saturated rings. The third-order valence-electron chi connectivity index (χ3n) is 5.04. The van der Waals surface area contributed by atoms with Crippen LogP contribution in [-0.2, 0) is 11.2 Å². The molecule has 1 amide bonds. The topological polar surface area (TPSA) is 62.1 Å². The number of carbonyl (C=O) groups excluding carboxylic acids is 1. The number of methoxy groups -OCH3 is 1. The molecule has 0 spiro atoms. The Labute approximate surface area is 194 Å². The maximum Gasteiger partial charge on any atom is 0.266 e. The van der Waals surface area contributed by atoms with Gasteiger partial charge >= 0.3 is 0 Å². The van der Waals surface area contributed by atoms with Crippen molar-refractivity contribution in [3.63, 3.8) is 0 Å². The quantitative estimate of drug-likeness (QED) is 0.353. The first-order valence-corrected chi connectivity index (χ1v) is 10.6. The van der Waals surface area contributed by atoms with E-state index in [2.05, 4.69) is 37.4 Å². The van der Waals surface area contributed by atoms with Crippen LogP contribution in [0.15, 0.2) is 60.2 Å². The van der Waals surface area contributed by atoms with E-state index in [1.807, 2.05) is 25.1 Å². The number of carbonyl (C=O) groups is 1. The Balaban J connectivity index is 1.89. The minimum atomic E-state index is -0.481. The standard InChI is InChI=1S/C27H25ClN2O2/c1-17-5-7-23(8-6-17)30-27(31)22(16-29)12-21-14-25(28)24(26(15-21)32-4)13-20-10-18(2)9-19(3)11-20/h5-12,14-15H,13H2,1-4H3,(H,30,31)/b22-12+. The van der Waals surface area contributed by atoms with Crippen molar-refractivity contribution in [3.05, 3.63) is 98.6 Å². The molecule has 0 radical (unpaired) electrons. The molecule has 0 atom stereocenters. The average molecular weight is 445 g/mol. The lowest BCUT2D eigenvalue weighted by atomic mass is 9.98. The van der Waals surface area contributed by atoms with E-state index in [0.717, 1.165) is 16.7 Å². The second kappa shape index (κ2) is 10.2. The number of nitrogens with zero attached hydrogens (tertiary/aromatic N) is 1. The predicted molar refractivity (Wildman–Crippen MR) is 130 cm³/mol. The van der Waals surface area contributed by atoms with Gasteiger partial charge in [0, 0.05) is 22.7 Å². The number of ether oxygens (including phenoxy) is 1. The summed E-state index contributed by atoms with van der Waals surface area (Å²) in [7, 11) is 1.58. The largest absolute Gasteiger partial charge is 0.496 e. The van der Waals surface area contributed by atoms with Crippen LogP contribution < -0.4 is 10.1 Å². The lowest BCUT2D eigenvalue weighted by molar-refractivity contribution is -0.112. The second-order valence-corrected chi connectivity index (χ2v) is 8.25. The molecule has 32 heavy (non-hydrogen) atoms. The zero-order valence-corrected chi connectivity index (χ0v) is 19.4. The molecule has 0 saturated heterocycles. The van der Waals surface area contributed by atoms with Crippen LogP contribution in [0.2, 0.25) is 5.02 Å². The number of amides is 1. The molecule has 0 saturated carbocycles. The Bertz CT molecular complexity index is 1200. The predicted octanol–water partition coefficient (Wildman–Crippen LogP) is 6.41. The lowest BCUT2D eigenvalue weighted by Gasteiger charge is -2.13. The van der Waals surface area contributed by atoms with Gasteiger partial charge in [-0.2, -0.15) is 5.26 Å². The molecule has 0 heterocycles. The van der Waals surface area contributed by atoms with Crippen molar-refractivity contribution in [1.82, 2.24) is 0 Å². The first-order valence-electron chi connectivity index (χ1n) is 10.2. The van der Waals surface area contributed by atoms with Crippen LogP contribution in [0.4, 0.5) is 5.69 Å². The van der Waals surface area contributed by atoms with Crippen molar-refractivity contribution in [2.24, 2.45) is 0 Å². The Kier molecular flexibility index (Phi) is 7.35. The Hall–Kier alpha value is -3.55. The van der Waals surface area contributed by atoms with Gasteiger partial charge in [0.2, 0.25) is 0 Å². The number of nitrogens with one attached hydrogen (secondary N) is 1. The molecule has 1 N–H and O–H groups in total. The summed E-state index contributed by atoms with van der Waals surface area (Å²) in [6, 6.07) is 19.3. The molecule has 0 aliphatic heterocycles. The number of rotatable bonds is 6. The third-order valence-corrected chi connectivity index (χ3v) is 5.38. The van der Waals surface area contributed by atoms with Gasteiger partial charge in [0.1, 0.15) is 17.4 Å². The summed E-state index contributed by atoms with van der Waals surface area (Å²) >= 11 is 6.60. The highest BCUT2D eigenvalue weighted by molar-refractivity contribution is 6.31. The minimum absolute atomic E-state index is 0.0225. The van der Waals surface area contributed by atoms with Crippen molar-refractivity contribution < 1.29 is 9.53 Å². The maximum atomic E-state index is 12.6. The van der Waals surface area contributed by atoms with Crippen LogP contribution in [0.3, 0.4) is 0 Å². The number of anilines is 1. The first-order chi connectivity index (χ1) is 15.3. The highest BCUT2D eigenvalue weighted by atomic mass is 35.5. The van der Waals surface area contributed by atoms with Crippen LogP contribution in [0, 0.1) is 32.1 Å². The first kappa shape index (κ1) is 23.1. The molecule has 4 nitrogen and oxygen atoms in total. The normalized spacial score (nSPS) is 11.1. The van der Waals surface area contributed by atoms with Crippen LogP contribution in [-0.4, -0.2) is 13.0 Å². The Morgan fingerprint density at radius 1 is 1.03 bits per heavy atom. The average Bonchev–Trinajstić information content (AvgIpc) is 2.74. The van der Waals surface area contributed by atoms with Gasteiger partial charge in [-0.1, -0.05) is 58.6 Å². The van der Waals surface area contributed by atoms with Crippen molar-refractivity contribution in [2.75, 3.05) is 12.4 Å². The fourth-order valence-corrected chi connectivity index (χ4v) is 3.88. The SMILES string of the molecule is COc1cc(/C=C(\C#N)C(=O)Nc2ccc(C)cc2)cc(Cl)c1Cc1cc(C)cc(C)c1. The third kappa shape index (κ3) is 5.78. The van der Waals surface area contributed by atoms with Crippen LogP contribution in [0.25, 0.3) is 6.08 Å². The molecule has 0 bridgehead atoms. The van der Waals surface area contributed by atoms with Crippen molar-refractivity contribution >= 4 is 29.3 Å². The van der Waals surface area contributed by atoms with Gasteiger partial charge in [0.05, 0.1) is 7.11 Å². The molecule has 3 rings (SSSR count). The Morgan fingerprint density at radius 3 is 2.28 bits per heavy atom. The van der Waals surface area contributed by atoms with Crippen LogP contribution in [0.1, 0.15) is 33.4 Å². The summed E-state index contributed by atoms with van der Waals surface area (Å²) in [5, 5.41) is 12.8. The zero-order valence-electron chi connectivity index (χ0n) is 18.6. The van der Waals surface area contributed by atoms with Crippen molar-refractivity contribution in [3.8, 4) is 11.8 Å². The van der Waals surface area contributed by atoms with Gasteiger partial charge < -0.3 is 10.1 Å². The van der Waals surface area contributed by atoms with Gasteiger partial charge in [-0.25, -0.2) is 0 Å². The summed E-state index contributed by atoms with van der Waals surface area (Å²) in [4.78, 5) is 12.6. The number of aryl methyl sites for hydroxylation is 3. The summed E-state index contributed by atoms with van der Waals surface area (Å²) < 4.78 is 5.58. The highest BCUT2D eigenvalue weighted by Gasteiger charge is 2.14. The van der Waals surface area contributed by atoms with Gasteiger partial charge in [-0.05, 0) is 62.2 Å². The molecule has 5 heteroatoms. The summed E-state index contributed by atoms with van der Waals surface area (Å²) in [5.41, 5.74) is 6.68. The molecule has 3 aromatic rings. The van der Waals surface area contributed by atoms with E-state index in [-0.39, 0.29) is 5.57 Å². The van der Waals surface area contributed by atoms with Crippen LogP contribution >= 0.6 is 11.6 Å². The van der Waals surface area contributed by atoms with E-state index in [9.17, 15) is 10.1 Å². The van der Waals surface area contributed by atoms with Gasteiger partial charge in [0.15, 0.2) is 0 Å². The van der Waals surface area contributed by atoms with Crippen LogP contribution in [0.5, 0.6) is 5.75 Å². The fourth-order valence-electron chi connectivity index (χ4n) is 3.59. The van der Waals surface area contributed by atoms with Gasteiger partial charge in [0.25, 0.3) is 5.91 Å². The van der Waals surface area contributed by atoms with Gasteiger partial charge in [-0.15, -0.1) is 0 Å². The molecule has 0 unspecified atom stereocenters.